The molecule has 6 heteroatoms. The van der Waals surface area contributed by atoms with Gasteiger partial charge in [0.05, 0.1) is 19.3 Å². The van der Waals surface area contributed by atoms with Crippen LogP contribution in [0.3, 0.4) is 0 Å². The number of carbonyl (C=O) groups is 1. The van der Waals surface area contributed by atoms with E-state index in [9.17, 15) is 15.0 Å². The third kappa shape index (κ3) is 6.84. The van der Waals surface area contributed by atoms with E-state index in [0.717, 1.165) is 22.9 Å². The lowest BCUT2D eigenvalue weighted by atomic mass is 9.83. The molecule has 32 heavy (non-hydrogen) atoms. The first-order valence-corrected chi connectivity index (χ1v) is 11.3. The molecule has 2 aromatic rings. The first kappa shape index (κ1) is 25.9. The van der Waals surface area contributed by atoms with Gasteiger partial charge in [-0.15, -0.1) is 0 Å². The van der Waals surface area contributed by atoms with E-state index in [2.05, 4.69) is 38.1 Å². The number of amides is 1. The van der Waals surface area contributed by atoms with Gasteiger partial charge < -0.3 is 19.7 Å². The SMILES string of the molecule is COCCOc1cccc2ccc(CC(CC(CO)N(C(=O)O)C(C)(C)C)C(C)C)cc12. The molecule has 2 atom stereocenters. The second-order valence-electron chi connectivity index (χ2n) is 9.76. The number of fused-ring (bicyclic) bond motifs is 1. The van der Waals surface area contributed by atoms with Gasteiger partial charge in [-0.3, -0.25) is 4.90 Å². The molecular weight excluding hydrogens is 406 g/mol. The summed E-state index contributed by atoms with van der Waals surface area (Å²) in [6.45, 7) is 10.7. The van der Waals surface area contributed by atoms with Crippen molar-refractivity contribution in [2.24, 2.45) is 11.8 Å². The second-order valence-corrected chi connectivity index (χ2v) is 9.76. The lowest BCUT2D eigenvalue weighted by Crippen LogP contribution is -2.53. The van der Waals surface area contributed by atoms with Crippen molar-refractivity contribution in [2.75, 3.05) is 26.9 Å². The van der Waals surface area contributed by atoms with Gasteiger partial charge in [0.25, 0.3) is 0 Å². The summed E-state index contributed by atoms with van der Waals surface area (Å²) in [6.07, 6.45) is 0.401. The standard InChI is InChI=1S/C26H39NO5/c1-18(2)21(16-22(17-28)27(25(29)30)26(3,4)5)14-19-10-11-20-8-7-9-24(23(20)15-19)32-13-12-31-6/h7-11,15,18,21-22,28H,12-14,16-17H2,1-6H3,(H,29,30). The average Bonchev–Trinajstić information content (AvgIpc) is 2.71. The smallest absolute Gasteiger partial charge is 0.408 e. The van der Waals surface area contributed by atoms with E-state index in [0.29, 0.717) is 25.6 Å². The maximum absolute atomic E-state index is 11.9. The van der Waals surface area contributed by atoms with Crippen molar-refractivity contribution in [3.63, 3.8) is 0 Å². The Morgan fingerprint density at radius 2 is 1.84 bits per heavy atom. The molecule has 0 aliphatic carbocycles. The molecule has 6 nitrogen and oxygen atoms in total. The number of carboxylic acid groups (broad SMARTS) is 1. The van der Waals surface area contributed by atoms with E-state index in [-0.39, 0.29) is 12.5 Å². The summed E-state index contributed by atoms with van der Waals surface area (Å²) in [6, 6.07) is 12.0. The van der Waals surface area contributed by atoms with Crippen LogP contribution in [0.15, 0.2) is 36.4 Å². The van der Waals surface area contributed by atoms with Gasteiger partial charge in [0, 0.05) is 18.0 Å². The fourth-order valence-corrected chi connectivity index (χ4v) is 4.27. The maximum atomic E-state index is 11.9. The predicted octanol–water partition coefficient (Wildman–Crippen LogP) is 5.21. The molecule has 0 saturated carbocycles. The molecule has 0 radical (unpaired) electrons. The molecule has 0 aliphatic heterocycles. The number of hydrogen-bond acceptors (Lipinski definition) is 4. The third-order valence-electron chi connectivity index (χ3n) is 5.97. The average molecular weight is 446 g/mol. The number of methoxy groups -OCH3 is 1. The van der Waals surface area contributed by atoms with Crippen molar-refractivity contribution in [3.05, 3.63) is 42.0 Å². The van der Waals surface area contributed by atoms with Crippen LogP contribution in [0.4, 0.5) is 4.79 Å². The molecule has 2 N–H and O–H groups in total. The molecule has 0 spiro atoms. The van der Waals surface area contributed by atoms with Gasteiger partial charge in [0.15, 0.2) is 0 Å². The van der Waals surface area contributed by atoms with Gasteiger partial charge >= 0.3 is 6.09 Å². The summed E-state index contributed by atoms with van der Waals surface area (Å²) >= 11 is 0. The zero-order valence-corrected chi connectivity index (χ0v) is 20.3. The molecule has 0 aromatic heterocycles. The summed E-state index contributed by atoms with van der Waals surface area (Å²) < 4.78 is 11.0. The maximum Gasteiger partial charge on any atom is 0.408 e. The van der Waals surface area contributed by atoms with Crippen LogP contribution in [0.2, 0.25) is 0 Å². The van der Waals surface area contributed by atoms with Crippen molar-refractivity contribution < 1.29 is 24.5 Å². The molecular formula is C26H39NO5. The summed E-state index contributed by atoms with van der Waals surface area (Å²) in [7, 11) is 1.65. The molecule has 1 amide bonds. The molecule has 178 valence electrons. The van der Waals surface area contributed by atoms with Crippen LogP contribution in [0.1, 0.15) is 46.6 Å². The van der Waals surface area contributed by atoms with Crippen LogP contribution < -0.4 is 4.74 Å². The van der Waals surface area contributed by atoms with E-state index >= 15 is 0 Å². The number of ether oxygens (including phenoxy) is 2. The van der Waals surface area contributed by atoms with Crippen LogP contribution in [0.5, 0.6) is 5.75 Å². The molecule has 0 aliphatic rings. The lowest BCUT2D eigenvalue weighted by Gasteiger charge is -2.40. The normalized spacial score (nSPS) is 13.9. The van der Waals surface area contributed by atoms with Crippen molar-refractivity contribution in [2.45, 2.75) is 59.0 Å². The van der Waals surface area contributed by atoms with Gasteiger partial charge in [0.1, 0.15) is 12.4 Å². The van der Waals surface area contributed by atoms with Crippen LogP contribution in [0.25, 0.3) is 10.8 Å². The highest BCUT2D eigenvalue weighted by Crippen LogP contribution is 2.31. The fourth-order valence-electron chi connectivity index (χ4n) is 4.27. The second kappa shape index (κ2) is 11.5. The van der Waals surface area contributed by atoms with Crippen LogP contribution >= 0.6 is 0 Å². The third-order valence-corrected chi connectivity index (χ3v) is 5.97. The number of rotatable bonds is 11. The molecule has 2 aromatic carbocycles. The Labute approximate surface area is 192 Å². The topological polar surface area (TPSA) is 79.2 Å². The molecule has 0 fully saturated rings. The highest BCUT2D eigenvalue weighted by atomic mass is 16.5. The van der Waals surface area contributed by atoms with Crippen molar-refractivity contribution >= 4 is 16.9 Å². The zero-order chi connectivity index (χ0) is 23.9. The summed E-state index contributed by atoms with van der Waals surface area (Å²) in [4.78, 5) is 13.3. The molecule has 0 bridgehead atoms. The highest BCUT2D eigenvalue weighted by molar-refractivity contribution is 5.88. The summed E-state index contributed by atoms with van der Waals surface area (Å²) in [5, 5.41) is 22.0. The number of aliphatic hydroxyl groups excluding tert-OH is 1. The number of benzene rings is 2. The molecule has 2 unspecified atom stereocenters. The van der Waals surface area contributed by atoms with Gasteiger partial charge in [-0.1, -0.05) is 38.1 Å². The Kier molecular flexibility index (Phi) is 9.34. The van der Waals surface area contributed by atoms with Gasteiger partial charge in [-0.25, -0.2) is 4.79 Å². The van der Waals surface area contributed by atoms with Crippen LogP contribution in [-0.4, -0.2) is 59.7 Å². The van der Waals surface area contributed by atoms with E-state index < -0.39 is 17.7 Å². The monoisotopic (exact) mass is 445 g/mol. The highest BCUT2D eigenvalue weighted by Gasteiger charge is 2.34. The Hall–Kier alpha value is -2.31. The van der Waals surface area contributed by atoms with E-state index in [4.69, 9.17) is 9.47 Å². The van der Waals surface area contributed by atoms with Crippen molar-refractivity contribution in [1.82, 2.24) is 4.90 Å². The van der Waals surface area contributed by atoms with Crippen molar-refractivity contribution in [1.29, 1.82) is 0 Å². The van der Waals surface area contributed by atoms with Crippen LogP contribution in [0, 0.1) is 11.8 Å². The van der Waals surface area contributed by atoms with E-state index in [1.807, 2.05) is 32.9 Å². The minimum Gasteiger partial charge on any atom is -0.491 e. The Morgan fingerprint density at radius 3 is 2.41 bits per heavy atom. The first-order chi connectivity index (χ1) is 15.1. The Balaban J connectivity index is 2.28. The largest absolute Gasteiger partial charge is 0.491 e. The van der Waals surface area contributed by atoms with Crippen LogP contribution in [-0.2, 0) is 11.2 Å². The van der Waals surface area contributed by atoms with Gasteiger partial charge in [0.2, 0.25) is 0 Å². The first-order valence-electron chi connectivity index (χ1n) is 11.3. The molecule has 0 heterocycles. The Morgan fingerprint density at radius 1 is 1.12 bits per heavy atom. The predicted molar refractivity (Wildman–Crippen MR) is 128 cm³/mol. The number of hydrogen-bond donors (Lipinski definition) is 2. The number of nitrogens with zero attached hydrogens (tertiary/aromatic N) is 1. The minimum absolute atomic E-state index is 0.192. The molecule has 2 rings (SSSR count). The van der Waals surface area contributed by atoms with E-state index in [1.54, 1.807) is 7.11 Å². The van der Waals surface area contributed by atoms with Gasteiger partial charge in [-0.2, -0.15) is 0 Å². The lowest BCUT2D eigenvalue weighted by molar-refractivity contribution is 0.0334. The summed E-state index contributed by atoms with van der Waals surface area (Å²) in [5.74, 6) is 1.39. The molecule has 0 saturated heterocycles. The quantitative estimate of drug-likeness (QED) is 0.464. The van der Waals surface area contributed by atoms with E-state index in [1.165, 1.54) is 10.5 Å². The minimum atomic E-state index is -0.998. The number of aliphatic hydroxyl groups is 1. The van der Waals surface area contributed by atoms with Gasteiger partial charge in [-0.05, 0) is 68.5 Å². The summed E-state index contributed by atoms with van der Waals surface area (Å²) in [5.41, 5.74) is 0.589. The van der Waals surface area contributed by atoms with Crippen molar-refractivity contribution in [3.8, 4) is 5.75 Å². The fraction of sp³-hybridized carbons (Fsp3) is 0.577. The zero-order valence-electron chi connectivity index (χ0n) is 20.3. The Bertz CT molecular complexity index is 874.